The molecule has 1 aliphatic heterocycles. The summed E-state index contributed by atoms with van der Waals surface area (Å²) in [4.78, 5) is 28.6. The van der Waals surface area contributed by atoms with Crippen molar-refractivity contribution in [3.8, 4) is 11.8 Å². The molecule has 1 saturated carbocycles. The largest absolute Gasteiger partial charge is 0.573 e. The maximum atomic E-state index is 13.8. The van der Waals surface area contributed by atoms with E-state index < -0.39 is 40.7 Å². The maximum Gasteiger partial charge on any atom is 0.573 e. The number of imide groups is 1. The topological polar surface area (TPSA) is 70.4 Å². The van der Waals surface area contributed by atoms with E-state index >= 15 is 0 Å². The first-order chi connectivity index (χ1) is 16.9. The van der Waals surface area contributed by atoms with E-state index in [0.717, 1.165) is 17.0 Å². The summed E-state index contributed by atoms with van der Waals surface area (Å²) < 4.78 is 42.0. The first-order valence-electron chi connectivity index (χ1n) is 10.6. The highest BCUT2D eigenvalue weighted by molar-refractivity contribution is 6.36. The molecule has 0 radical (unpaired) electrons. The molecule has 10 heteroatoms. The fourth-order valence-electron chi connectivity index (χ4n) is 5.54. The molecule has 2 aliphatic rings. The van der Waals surface area contributed by atoms with Gasteiger partial charge in [-0.25, -0.2) is 4.90 Å². The standard InChI is InChI=1S/C26H15Cl2F3N2O3/c1-24-21(22(34)33(23(24)35)19-11-17(27)10-18(28)12-19)25(24,15-4-2-14(13-32)3-5-15)16-6-8-20(9-7-16)36-26(29,30)31/h2-12,21H,1H3/t21-,24-,25-/m0/s1. The molecule has 0 unspecified atom stereocenters. The van der Waals surface area contributed by atoms with Crippen LogP contribution in [0.3, 0.4) is 0 Å². The second kappa shape index (κ2) is 7.99. The lowest BCUT2D eigenvalue weighted by atomic mass is 9.78. The van der Waals surface area contributed by atoms with Crippen molar-refractivity contribution in [1.29, 1.82) is 5.26 Å². The molecular weight excluding hydrogens is 516 g/mol. The van der Waals surface area contributed by atoms with Crippen molar-refractivity contribution < 1.29 is 27.5 Å². The van der Waals surface area contributed by atoms with Gasteiger partial charge in [0.05, 0.1) is 28.7 Å². The van der Waals surface area contributed by atoms with Crippen molar-refractivity contribution >= 4 is 40.7 Å². The number of fused-ring (bicyclic) bond motifs is 1. The SMILES string of the molecule is C[C@@]12C(=O)N(c3cc(Cl)cc(Cl)c3)C(=O)[C@@H]1[C@]2(c1ccc(C#N)cc1)c1ccc(OC(F)(F)F)cc1. The smallest absolute Gasteiger partial charge is 0.406 e. The van der Waals surface area contributed by atoms with E-state index in [4.69, 9.17) is 23.2 Å². The number of nitrogens with zero attached hydrogens (tertiary/aromatic N) is 2. The number of anilines is 1. The van der Waals surface area contributed by atoms with Gasteiger partial charge in [0.25, 0.3) is 0 Å². The summed E-state index contributed by atoms with van der Waals surface area (Å²) >= 11 is 12.2. The van der Waals surface area contributed by atoms with Crippen molar-refractivity contribution in [2.75, 3.05) is 4.90 Å². The Kier molecular flexibility index (Phi) is 5.36. The average molecular weight is 531 g/mol. The van der Waals surface area contributed by atoms with Gasteiger partial charge in [-0.1, -0.05) is 47.5 Å². The molecule has 2 fully saturated rings. The highest BCUT2D eigenvalue weighted by atomic mass is 35.5. The Hall–Kier alpha value is -3.54. The monoisotopic (exact) mass is 530 g/mol. The van der Waals surface area contributed by atoms with Crippen LogP contribution in [0.5, 0.6) is 5.75 Å². The Labute approximate surface area is 213 Å². The van der Waals surface area contributed by atoms with E-state index in [1.54, 1.807) is 31.2 Å². The molecule has 5 nitrogen and oxygen atoms in total. The molecule has 3 aromatic carbocycles. The van der Waals surface area contributed by atoms with E-state index in [1.165, 1.54) is 30.3 Å². The minimum atomic E-state index is -4.86. The van der Waals surface area contributed by atoms with Crippen LogP contribution in [0, 0.1) is 22.7 Å². The van der Waals surface area contributed by atoms with Crippen LogP contribution < -0.4 is 9.64 Å². The van der Waals surface area contributed by atoms with Crippen molar-refractivity contribution in [2.45, 2.75) is 18.7 Å². The highest BCUT2D eigenvalue weighted by Crippen LogP contribution is 2.76. The number of halogens is 5. The van der Waals surface area contributed by atoms with Crippen LogP contribution in [0.15, 0.2) is 66.7 Å². The van der Waals surface area contributed by atoms with Crippen LogP contribution in [-0.2, 0) is 15.0 Å². The molecule has 1 heterocycles. The average Bonchev–Trinajstić information content (AvgIpc) is 3.32. The lowest BCUT2D eigenvalue weighted by Crippen LogP contribution is -2.42. The van der Waals surface area contributed by atoms with Crippen LogP contribution in [0.25, 0.3) is 0 Å². The molecular formula is C26H15Cl2F3N2O3. The number of carbonyl (C=O) groups is 2. The third-order valence-corrected chi connectivity index (χ3v) is 7.42. The third-order valence-electron chi connectivity index (χ3n) is 6.98. The molecule has 3 atom stereocenters. The van der Waals surface area contributed by atoms with Gasteiger partial charge < -0.3 is 4.74 Å². The summed E-state index contributed by atoms with van der Waals surface area (Å²) in [6.07, 6.45) is -4.86. The number of hydrogen-bond acceptors (Lipinski definition) is 4. The molecule has 36 heavy (non-hydrogen) atoms. The molecule has 5 rings (SSSR count). The summed E-state index contributed by atoms with van der Waals surface area (Å²) in [5, 5.41) is 9.70. The lowest BCUT2D eigenvalue weighted by Gasteiger charge is -2.30. The summed E-state index contributed by atoms with van der Waals surface area (Å²) in [5.74, 6) is -2.25. The Morgan fingerprint density at radius 3 is 1.92 bits per heavy atom. The summed E-state index contributed by atoms with van der Waals surface area (Å²) in [6.45, 7) is 1.66. The summed E-state index contributed by atoms with van der Waals surface area (Å²) in [7, 11) is 0. The summed E-state index contributed by atoms with van der Waals surface area (Å²) in [6, 6.07) is 18.0. The number of ether oxygens (including phenoxy) is 1. The number of piperidine rings is 1. The van der Waals surface area contributed by atoms with Crippen molar-refractivity contribution in [3.63, 3.8) is 0 Å². The number of rotatable bonds is 4. The fraction of sp³-hybridized carbons (Fsp3) is 0.192. The van der Waals surface area contributed by atoms with Crippen LogP contribution in [0.2, 0.25) is 10.0 Å². The van der Waals surface area contributed by atoms with Crippen molar-refractivity contribution in [2.24, 2.45) is 11.3 Å². The number of hydrogen-bond donors (Lipinski definition) is 0. The van der Waals surface area contributed by atoms with Gasteiger partial charge in [0.2, 0.25) is 11.8 Å². The molecule has 182 valence electrons. The van der Waals surface area contributed by atoms with Crippen molar-refractivity contribution in [3.05, 3.63) is 93.5 Å². The van der Waals surface area contributed by atoms with E-state index in [0.29, 0.717) is 16.7 Å². The number of nitriles is 1. The fourth-order valence-corrected chi connectivity index (χ4v) is 6.06. The minimum Gasteiger partial charge on any atom is -0.406 e. The molecule has 3 aromatic rings. The van der Waals surface area contributed by atoms with Crippen LogP contribution in [-0.4, -0.2) is 18.2 Å². The van der Waals surface area contributed by atoms with Gasteiger partial charge >= 0.3 is 6.36 Å². The predicted molar refractivity (Wildman–Crippen MR) is 126 cm³/mol. The number of carbonyl (C=O) groups excluding carboxylic acids is 2. The number of amides is 2. The van der Waals surface area contributed by atoms with Gasteiger partial charge in [0.15, 0.2) is 0 Å². The zero-order valence-corrected chi connectivity index (χ0v) is 19.9. The Morgan fingerprint density at radius 1 is 0.944 bits per heavy atom. The highest BCUT2D eigenvalue weighted by Gasteiger charge is 2.86. The van der Waals surface area contributed by atoms with Gasteiger partial charge in [0, 0.05) is 15.5 Å². The maximum absolute atomic E-state index is 13.8. The first kappa shape index (κ1) is 24.2. The van der Waals surface area contributed by atoms with E-state index in [2.05, 4.69) is 4.74 Å². The Balaban J connectivity index is 1.63. The minimum absolute atomic E-state index is 0.235. The molecule has 1 saturated heterocycles. The number of alkyl halides is 3. The lowest BCUT2D eigenvalue weighted by molar-refractivity contribution is -0.274. The van der Waals surface area contributed by atoms with Gasteiger partial charge in [-0.3, -0.25) is 9.59 Å². The first-order valence-corrected chi connectivity index (χ1v) is 11.4. The van der Waals surface area contributed by atoms with Crippen molar-refractivity contribution in [1.82, 2.24) is 0 Å². The van der Waals surface area contributed by atoms with Gasteiger partial charge in [-0.05, 0) is 60.5 Å². The van der Waals surface area contributed by atoms with Crippen LogP contribution in [0.4, 0.5) is 18.9 Å². The van der Waals surface area contributed by atoms with Gasteiger partial charge in [0.1, 0.15) is 5.75 Å². The van der Waals surface area contributed by atoms with E-state index in [1.807, 2.05) is 6.07 Å². The van der Waals surface area contributed by atoms with E-state index in [9.17, 15) is 28.0 Å². The molecule has 0 aromatic heterocycles. The third kappa shape index (κ3) is 3.38. The molecule has 0 N–H and O–H groups in total. The van der Waals surface area contributed by atoms with Gasteiger partial charge in [-0.15, -0.1) is 13.2 Å². The van der Waals surface area contributed by atoms with E-state index in [-0.39, 0.29) is 15.7 Å². The quantitative estimate of drug-likeness (QED) is 0.373. The molecule has 0 bridgehead atoms. The van der Waals surface area contributed by atoms with Crippen LogP contribution >= 0.6 is 23.2 Å². The zero-order chi connectivity index (χ0) is 26.0. The molecule has 0 spiro atoms. The second-order valence-electron chi connectivity index (χ2n) is 8.81. The summed E-state index contributed by atoms with van der Waals surface area (Å²) in [5.41, 5.74) is -0.738. The van der Waals surface area contributed by atoms with Crippen LogP contribution in [0.1, 0.15) is 23.6 Å². The molecule has 1 aliphatic carbocycles. The molecule has 2 amide bonds. The zero-order valence-electron chi connectivity index (χ0n) is 18.4. The normalized spacial score (nSPS) is 24.9. The van der Waals surface area contributed by atoms with Gasteiger partial charge in [-0.2, -0.15) is 5.26 Å². The predicted octanol–water partition coefficient (Wildman–Crippen LogP) is 6.26. The second-order valence-corrected chi connectivity index (χ2v) is 9.68. The number of benzene rings is 3. The Bertz CT molecular complexity index is 1430. The Morgan fingerprint density at radius 2 is 1.47 bits per heavy atom.